The van der Waals surface area contributed by atoms with Crippen molar-refractivity contribution < 1.29 is 17.9 Å². The molecule has 0 aliphatic carbocycles. The summed E-state index contributed by atoms with van der Waals surface area (Å²) >= 11 is 0. The van der Waals surface area contributed by atoms with Crippen LogP contribution in [0.3, 0.4) is 0 Å². The van der Waals surface area contributed by atoms with Crippen LogP contribution in [0.2, 0.25) is 0 Å². The number of nitrogens with zero attached hydrogens (tertiary/aromatic N) is 2. The summed E-state index contributed by atoms with van der Waals surface area (Å²) in [6.45, 7) is 9.77. The Hall–Kier alpha value is -1.60. The van der Waals surface area contributed by atoms with Crippen molar-refractivity contribution in [3.8, 4) is 0 Å². The molecule has 0 aliphatic rings. The molecular formula is C20H36IN5O4S. The first-order chi connectivity index (χ1) is 13.7. The molecule has 11 heteroatoms. The SMILES string of the molecule is CN=C(NCc1ccccc1S(=O)(=O)N(C)C)NCC(C)(C)NC(=O)OC(C)(C)C.I. The second-order valence-electron chi connectivity index (χ2n) is 8.69. The van der Waals surface area contributed by atoms with Crippen molar-refractivity contribution in [3.63, 3.8) is 0 Å². The fourth-order valence-electron chi connectivity index (χ4n) is 2.43. The van der Waals surface area contributed by atoms with Crippen molar-refractivity contribution in [2.75, 3.05) is 27.7 Å². The minimum Gasteiger partial charge on any atom is -0.444 e. The van der Waals surface area contributed by atoms with E-state index in [9.17, 15) is 13.2 Å². The van der Waals surface area contributed by atoms with Crippen LogP contribution in [0.5, 0.6) is 0 Å². The maximum atomic E-state index is 12.5. The molecule has 0 fully saturated rings. The van der Waals surface area contributed by atoms with E-state index < -0.39 is 27.3 Å². The zero-order valence-corrected chi connectivity index (χ0v) is 22.7. The van der Waals surface area contributed by atoms with Gasteiger partial charge in [-0.05, 0) is 46.2 Å². The molecule has 0 aliphatic heterocycles. The molecule has 0 aromatic heterocycles. The molecule has 0 radical (unpaired) electrons. The average Bonchev–Trinajstić information content (AvgIpc) is 2.59. The van der Waals surface area contributed by atoms with E-state index in [2.05, 4.69) is 20.9 Å². The number of aliphatic imine (C=N–C) groups is 1. The van der Waals surface area contributed by atoms with Gasteiger partial charge in [-0.15, -0.1) is 24.0 Å². The Kier molecular flexibility index (Phi) is 11.2. The Balaban J connectivity index is 0.00000900. The van der Waals surface area contributed by atoms with Crippen LogP contribution in [0, 0.1) is 0 Å². The van der Waals surface area contributed by atoms with Gasteiger partial charge in [-0.2, -0.15) is 0 Å². The first kappa shape index (κ1) is 29.4. The molecule has 1 amide bonds. The van der Waals surface area contributed by atoms with Crippen molar-refractivity contribution in [1.29, 1.82) is 0 Å². The van der Waals surface area contributed by atoms with Crippen molar-refractivity contribution in [2.45, 2.75) is 57.2 Å². The summed E-state index contributed by atoms with van der Waals surface area (Å²) in [5.41, 5.74) is -0.558. The largest absolute Gasteiger partial charge is 0.444 e. The van der Waals surface area contributed by atoms with Crippen molar-refractivity contribution >= 4 is 46.1 Å². The Morgan fingerprint density at radius 2 is 1.68 bits per heavy atom. The predicted molar refractivity (Wildman–Crippen MR) is 134 cm³/mol. The first-order valence-corrected chi connectivity index (χ1v) is 11.1. The summed E-state index contributed by atoms with van der Waals surface area (Å²) in [5.74, 6) is 0.478. The zero-order valence-electron chi connectivity index (χ0n) is 19.6. The number of alkyl carbamates (subject to hydrolysis) is 1. The van der Waals surface area contributed by atoms with Crippen molar-refractivity contribution in [2.24, 2.45) is 4.99 Å². The molecule has 1 rings (SSSR count). The van der Waals surface area contributed by atoms with E-state index >= 15 is 0 Å². The van der Waals surface area contributed by atoms with Gasteiger partial charge in [-0.25, -0.2) is 17.5 Å². The molecule has 3 N–H and O–H groups in total. The Morgan fingerprint density at radius 1 is 1.10 bits per heavy atom. The van der Waals surface area contributed by atoms with Gasteiger partial charge < -0.3 is 20.7 Å². The summed E-state index contributed by atoms with van der Waals surface area (Å²) in [6.07, 6.45) is -0.500. The summed E-state index contributed by atoms with van der Waals surface area (Å²) in [6, 6.07) is 6.81. The van der Waals surface area contributed by atoms with Gasteiger partial charge in [0.1, 0.15) is 5.60 Å². The van der Waals surface area contributed by atoms with Gasteiger partial charge in [0.15, 0.2) is 5.96 Å². The number of benzene rings is 1. The van der Waals surface area contributed by atoms with E-state index in [0.717, 1.165) is 0 Å². The predicted octanol–water partition coefficient (Wildman–Crippen LogP) is 2.52. The van der Waals surface area contributed by atoms with Crippen LogP contribution in [0.4, 0.5) is 4.79 Å². The van der Waals surface area contributed by atoms with Gasteiger partial charge in [0, 0.05) is 34.2 Å². The zero-order chi connectivity index (χ0) is 23.2. The number of guanidine groups is 1. The normalized spacial score (nSPS) is 12.7. The van der Waals surface area contributed by atoms with Gasteiger partial charge in [0.25, 0.3) is 0 Å². The molecule has 1 aromatic rings. The Labute approximate surface area is 203 Å². The molecule has 0 saturated carbocycles. The van der Waals surface area contributed by atoms with E-state index in [1.807, 2.05) is 13.8 Å². The van der Waals surface area contributed by atoms with Crippen LogP contribution in [-0.4, -0.2) is 63.6 Å². The second kappa shape index (κ2) is 11.9. The molecule has 0 atom stereocenters. The summed E-state index contributed by atoms with van der Waals surface area (Å²) in [4.78, 5) is 16.4. The number of carbonyl (C=O) groups is 1. The number of nitrogens with one attached hydrogen (secondary N) is 3. The highest BCUT2D eigenvalue weighted by molar-refractivity contribution is 14.0. The minimum atomic E-state index is -3.55. The molecular weight excluding hydrogens is 533 g/mol. The topological polar surface area (TPSA) is 112 Å². The van der Waals surface area contributed by atoms with Gasteiger partial charge in [0.2, 0.25) is 10.0 Å². The van der Waals surface area contributed by atoms with Crippen molar-refractivity contribution in [3.05, 3.63) is 29.8 Å². The molecule has 0 spiro atoms. The lowest BCUT2D eigenvalue weighted by Crippen LogP contribution is -2.54. The van der Waals surface area contributed by atoms with Gasteiger partial charge in [-0.1, -0.05) is 18.2 Å². The van der Waals surface area contributed by atoms with Gasteiger partial charge >= 0.3 is 6.09 Å². The van der Waals surface area contributed by atoms with E-state index in [0.29, 0.717) is 18.1 Å². The van der Waals surface area contributed by atoms with Crippen LogP contribution < -0.4 is 16.0 Å². The molecule has 0 unspecified atom stereocenters. The number of hydrogen-bond acceptors (Lipinski definition) is 5. The number of ether oxygens (including phenoxy) is 1. The van der Waals surface area contributed by atoms with Crippen LogP contribution in [-0.2, 0) is 21.3 Å². The van der Waals surface area contributed by atoms with E-state index in [-0.39, 0.29) is 35.4 Å². The third kappa shape index (κ3) is 10.0. The van der Waals surface area contributed by atoms with E-state index in [1.54, 1.807) is 52.1 Å². The van der Waals surface area contributed by atoms with Crippen LogP contribution in [0.15, 0.2) is 34.2 Å². The first-order valence-electron chi connectivity index (χ1n) is 9.64. The Bertz CT molecular complexity index is 865. The minimum absolute atomic E-state index is 0. The smallest absolute Gasteiger partial charge is 0.408 e. The quantitative estimate of drug-likeness (QED) is 0.265. The molecule has 178 valence electrons. The number of sulfonamides is 1. The fourth-order valence-corrected chi connectivity index (χ4v) is 3.54. The number of halogens is 1. The molecule has 9 nitrogen and oxygen atoms in total. The highest BCUT2D eigenvalue weighted by Crippen LogP contribution is 2.18. The number of amides is 1. The monoisotopic (exact) mass is 569 g/mol. The highest BCUT2D eigenvalue weighted by Gasteiger charge is 2.25. The van der Waals surface area contributed by atoms with Crippen LogP contribution >= 0.6 is 24.0 Å². The third-order valence-electron chi connectivity index (χ3n) is 3.94. The lowest BCUT2D eigenvalue weighted by atomic mass is 10.1. The van der Waals surface area contributed by atoms with Gasteiger partial charge in [0.05, 0.1) is 10.4 Å². The van der Waals surface area contributed by atoms with Crippen LogP contribution in [0.25, 0.3) is 0 Å². The number of rotatable bonds is 7. The Morgan fingerprint density at radius 3 is 2.19 bits per heavy atom. The van der Waals surface area contributed by atoms with E-state index in [1.165, 1.54) is 18.4 Å². The van der Waals surface area contributed by atoms with E-state index in [4.69, 9.17) is 4.74 Å². The summed E-state index contributed by atoms with van der Waals surface area (Å²) < 4.78 is 31.5. The molecule has 31 heavy (non-hydrogen) atoms. The fraction of sp³-hybridized carbons (Fsp3) is 0.600. The maximum Gasteiger partial charge on any atom is 0.408 e. The lowest BCUT2D eigenvalue weighted by molar-refractivity contribution is 0.0474. The molecule has 0 heterocycles. The third-order valence-corrected chi connectivity index (χ3v) is 5.85. The average molecular weight is 570 g/mol. The van der Waals surface area contributed by atoms with Crippen molar-refractivity contribution in [1.82, 2.24) is 20.3 Å². The maximum absolute atomic E-state index is 12.5. The summed E-state index contributed by atoms with van der Waals surface area (Å²) in [5, 5.41) is 9.07. The molecule has 0 saturated heterocycles. The molecule has 0 bridgehead atoms. The number of hydrogen-bond donors (Lipinski definition) is 3. The second-order valence-corrected chi connectivity index (χ2v) is 10.8. The van der Waals surface area contributed by atoms with Gasteiger partial charge in [-0.3, -0.25) is 4.99 Å². The number of carbonyl (C=O) groups excluding carboxylic acids is 1. The molecule has 1 aromatic carbocycles. The standard InChI is InChI=1S/C20H35N5O4S.HI/c1-19(2,3)29-18(26)24-20(4,5)14-23-17(21-6)22-13-15-11-9-10-12-16(15)30(27,28)25(7)8;/h9-12H,13-14H2,1-8H3,(H,24,26)(H2,21,22,23);1H. The summed E-state index contributed by atoms with van der Waals surface area (Å²) in [7, 11) is 1.06. The highest BCUT2D eigenvalue weighted by atomic mass is 127. The lowest BCUT2D eigenvalue weighted by Gasteiger charge is -2.29. The van der Waals surface area contributed by atoms with Crippen LogP contribution in [0.1, 0.15) is 40.2 Å².